The Bertz CT molecular complexity index is 1220. The van der Waals surface area contributed by atoms with Crippen LogP contribution in [-0.2, 0) is 0 Å². The summed E-state index contributed by atoms with van der Waals surface area (Å²) in [6, 6.07) is 8.70. The summed E-state index contributed by atoms with van der Waals surface area (Å²) >= 11 is 0. The third-order valence-electron chi connectivity index (χ3n) is 5.97. The molecule has 1 aliphatic carbocycles. The lowest BCUT2D eigenvalue weighted by atomic mass is 10.1. The van der Waals surface area contributed by atoms with E-state index in [1.54, 1.807) is 17.9 Å². The van der Waals surface area contributed by atoms with Gasteiger partial charge in [0.2, 0.25) is 0 Å². The number of amides is 3. The van der Waals surface area contributed by atoms with Crippen LogP contribution in [0.3, 0.4) is 0 Å². The number of nitrogens with one attached hydrogen (secondary N) is 1. The highest BCUT2D eigenvalue weighted by atomic mass is 19.4. The lowest BCUT2D eigenvalue weighted by Crippen LogP contribution is -2.46. The van der Waals surface area contributed by atoms with Gasteiger partial charge >= 0.3 is 12.2 Å². The second-order valence-electron chi connectivity index (χ2n) is 8.30. The van der Waals surface area contributed by atoms with Crippen molar-refractivity contribution in [3.05, 3.63) is 53.9 Å². The van der Waals surface area contributed by atoms with E-state index >= 15 is 0 Å². The maximum absolute atomic E-state index is 13.4. The van der Waals surface area contributed by atoms with Crippen LogP contribution in [0.2, 0.25) is 0 Å². The van der Waals surface area contributed by atoms with E-state index in [-0.39, 0.29) is 17.2 Å². The van der Waals surface area contributed by atoms with Crippen molar-refractivity contribution in [2.24, 2.45) is 5.92 Å². The van der Waals surface area contributed by atoms with Crippen molar-refractivity contribution in [3.8, 4) is 0 Å². The first-order chi connectivity index (χ1) is 15.7. The van der Waals surface area contributed by atoms with Gasteiger partial charge in [0.15, 0.2) is 5.65 Å². The third kappa shape index (κ3) is 3.87. The molecule has 11 heteroatoms. The van der Waals surface area contributed by atoms with Gasteiger partial charge in [0.25, 0.3) is 5.91 Å². The summed E-state index contributed by atoms with van der Waals surface area (Å²) in [6.07, 6.45) is -2.47. The highest BCUT2D eigenvalue weighted by molar-refractivity contribution is 6.06. The van der Waals surface area contributed by atoms with Crippen molar-refractivity contribution >= 4 is 29.1 Å². The summed E-state index contributed by atoms with van der Waals surface area (Å²) in [7, 11) is 0. The predicted octanol–water partition coefficient (Wildman–Crippen LogP) is 3.56. The number of urea groups is 1. The summed E-state index contributed by atoms with van der Waals surface area (Å²) < 4.78 is 41.5. The molecule has 3 amide bonds. The van der Waals surface area contributed by atoms with Crippen molar-refractivity contribution < 1.29 is 22.8 Å². The molecule has 0 radical (unpaired) electrons. The molecule has 0 bridgehead atoms. The smallest absolute Gasteiger partial charge is 0.340 e. The highest BCUT2D eigenvalue weighted by Gasteiger charge is 2.50. The molecular formula is C22H21F3N6O2. The summed E-state index contributed by atoms with van der Waals surface area (Å²) in [5, 5.41) is 6.23. The van der Waals surface area contributed by atoms with Gasteiger partial charge in [-0.15, -0.1) is 0 Å². The number of fused-ring (bicyclic) bond motifs is 1. The minimum atomic E-state index is -4.53. The first-order valence-corrected chi connectivity index (χ1v) is 10.6. The zero-order valence-electron chi connectivity index (χ0n) is 17.7. The fraction of sp³-hybridized carbons (Fsp3) is 0.364. The lowest BCUT2D eigenvalue weighted by molar-refractivity contribution is -0.158. The first-order valence-electron chi connectivity index (χ1n) is 10.6. The molecule has 172 valence electrons. The molecule has 2 fully saturated rings. The van der Waals surface area contributed by atoms with E-state index in [0.717, 1.165) is 5.69 Å². The predicted molar refractivity (Wildman–Crippen MR) is 114 cm³/mol. The molecule has 33 heavy (non-hydrogen) atoms. The molecule has 3 aromatic rings. The molecule has 1 aromatic carbocycles. The van der Waals surface area contributed by atoms with Gasteiger partial charge in [0, 0.05) is 30.5 Å². The zero-order valence-corrected chi connectivity index (χ0v) is 17.7. The molecule has 5 rings (SSSR count). The quantitative estimate of drug-likeness (QED) is 0.634. The second kappa shape index (κ2) is 7.75. The van der Waals surface area contributed by atoms with E-state index in [4.69, 9.17) is 0 Å². The number of para-hydroxylation sites is 1. The fourth-order valence-electron chi connectivity index (χ4n) is 4.11. The summed E-state index contributed by atoms with van der Waals surface area (Å²) in [5.74, 6) is -1.18. The van der Waals surface area contributed by atoms with Gasteiger partial charge in [-0.3, -0.25) is 14.6 Å². The Kier molecular flexibility index (Phi) is 4.98. The number of rotatable bonds is 5. The molecule has 0 unspecified atom stereocenters. The number of aromatic nitrogens is 3. The van der Waals surface area contributed by atoms with Gasteiger partial charge in [-0.05, 0) is 37.8 Å². The number of aryl methyl sites for hydroxylation is 1. The van der Waals surface area contributed by atoms with Crippen molar-refractivity contribution in [1.29, 1.82) is 0 Å². The molecule has 1 saturated heterocycles. The van der Waals surface area contributed by atoms with Crippen molar-refractivity contribution in [3.63, 3.8) is 0 Å². The molecule has 1 N–H and O–H groups in total. The molecule has 8 nitrogen and oxygen atoms in total. The summed E-state index contributed by atoms with van der Waals surface area (Å²) in [6.45, 7) is 2.56. The van der Waals surface area contributed by atoms with E-state index in [2.05, 4.69) is 15.4 Å². The number of nitrogens with zero attached hydrogens (tertiary/aromatic N) is 5. The minimum absolute atomic E-state index is 0.0681. The number of carbonyl (C=O) groups is 2. The Labute approximate surface area is 187 Å². The molecule has 3 heterocycles. The van der Waals surface area contributed by atoms with Crippen molar-refractivity contribution in [2.75, 3.05) is 22.9 Å². The van der Waals surface area contributed by atoms with E-state index in [1.807, 2.05) is 30.3 Å². The minimum Gasteiger partial charge on any atom is -0.340 e. The van der Waals surface area contributed by atoms with Gasteiger partial charge in [-0.2, -0.15) is 18.3 Å². The second-order valence-corrected chi connectivity index (χ2v) is 8.30. The highest BCUT2D eigenvalue weighted by Crippen LogP contribution is 2.40. The van der Waals surface area contributed by atoms with Crippen LogP contribution >= 0.6 is 0 Å². The van der Waals surface area contributed by atoms with Gasteiger partial charge in [0.1, 0.15) is 17.4 Å². The van der Waals surface area contributed by atoms with E-state index in [9.17, 15) is 22.8 Å². The molecule has 2 aromatic heterocycles. The van der Waals surface area contributed by atoms with Crippen LogP contribution < -0.4 is 15.1 Å². The van der Waals surface area contributed by atoms with Crippen LogP contribution in [0.25, 0.3) is 5.65 Å². The molecular weight excluding hydrogens is 437 g/mol. The average molecular weight is 458 g/mol. The SMILES string of the molecule is Cc1cc(N2CCN(c3ccccc3)C2=O)nc2c(C(=O)N[C@H](C3CC3)C(F)(F)F)cnn12. The summed E-state index contributed by atoms with van der Waals surface area (Å²) in [4.78, 5) is 33.3. The van der Waals surface area contributed by atoms with Crippen LogP contribution in [0.15, 0.2) is 42.6 Å². The zero-order chi connectivity index (χ0) is 23.3. The average Bonchev–Trinajstić information content (AvgIpc) is 3.39. The standard InChI is InChI=1S/C22H21F3N6O2/c1-13-11-17(30-10-9-29(21(30)33)15-5-3-2-4-6-15)27-19-16(12-26-31(13)19)20(32)28-18(14-7-8-14)22(23,24)25/h2-6,11-12,14,18H,7-10H2,1H3,(H,28,32)/t18-/m1/s1. The first kappa shape index (κ1) is 21.2. The fourth-order valence-corrected chi connectivity index (χ4v) is 4.11. The maximum Gasteiger partial charge on any atom is 0.408 e. The number of carbonyl (C=O) groups excluding carboxylic acids is 2. The summed E-state index contributed by atoms with van der Waals surface area (Å²) in [5.41, 5.74) is 1.38. The number of anilines is 2. The number of hydrogen-bond donors (Lipinski definition) is 1. The molecule has 1 atom stereocenters. The van der Waals surface area contributed by atoms with Crippen molar-refractivity contribution in [2.45, 2.75) is 32.0 Å². The topological polar surface area (TPSA) is 82.8 Å². The Morgan fingerprint density at radius 3 is 2.52 bits per heavy atom. The van der Waals surface area contributed by atoms with Gasteiger partial charge in [0.05, 0.1) is 6.20 Å². The van der Waals surface area contributed by atoms with E-state index in [1.165, 1.54) is 15.6 Å². The number of alkyl halides is 3. The van der Waals surface area contributed by atoms with Gasteiger partial charge in [-0.25, -0.2) is 14.3 Å². The Balaban J connectivity index is 1.45. The third-order valence-corrected chi connectivity index (χ3v) is 5.97. The van der Waals surface area contributed by atoms with E-state index in [0.29, 0.717) is 37.4 Å². The van der Waals surface area contributed by atoms with Crippen molar-refractivity contribution in [1.82, 2.24) is 19.9 Å². The Hall–Kier alpha value is -3.63. The van der Waals surface area contributed by atoms with Crippen LogP contribution in [0.5, 0.6) is 0 Å². The van der Waals surface area contributed by atoms with Crippen LogP contribution in [0.1, 0.15) is 28.9 Å². The van der Waals surface area contributed by atoms with Crippen LogP contribution in [-0.4, -0.2) is 51.8 Å². The largest absolute Gasteiger partial charge is 0.408 e. The molecule has 0 spiro atoms. The Morgan fingerprint density at radius 1 is 1.15 bits per heavy atom. The molecule has 1 saturated carbocycles. The number of benzene rings is 1. The van der Waals surface area contributed by atoms with E-state index < -0.39 is 24.0 Å². The molecule has 1 aliphatic heterocycles. The Morgan fingerprint density at radius 2 is 1.85 bits per heavy atom. The van der Waals surface area contributed by atoms with Gasteiger partial charge in [-0.1, -0.05) is 18.2 Å². The monoisotopic (exact) mass is 458 g/mol. The molecule has 2 aliphatic rings. The lowest BCUT2D eigenvalue weighted by Gasteiger charge is -2.21. The normalized spacial score (nSPS) is 17.6. The van der Waals surface area contributed by atoms with Crippen LogP contribution in [0, 0.1) is 12.8 Å². The maximum atomic E-state index is 13.4. The number of hydrogen-bond acceptors (Lipinski definition) is 4. The number of halogens is 3. The van der Waals surface area contributed by atoms with Gasteiger partial charge < -0.3 is 5.32 Å². The van der Waals surface area contributed by atoms with Crippen LogP contribution in [0.4, 0.5) is 29.5 Å².